The summed E-state index contributed by atoms with van der Waals surface area (Å²) in [5.41, 5.74) is 1.84. The van der Waals surface area contributed by atoms with E-state index in [2.05, 4.69) is 22.8 Å². The van der Waals surface area contributed by atoms with Crippen molar-refractivity contribution in [2.75, 3.05) is 0 Å². The third-order valence-electron chi connectivity index (χ3n) is 2.66. The van der Waals surface area contributed by atoms with Gasteiger partial charge in [0.1, 0.15) is 5.82 Å². The normalized spacial score (nSPS) is 10.1. The second-order valence-corrected chi connectivity index (χ2v) is 4.97. The van der Waals surface area contributed by atoms with E-state index in [0.717, 1.165) is 22.3 Å². The molecule has 0 atom stereocenters. The maximum atomic E-state index is 8.75. The fourth-order valence-corrected chi connectivity index (χ4v) is 2.58. The van der Waals surface area contributed by atoms with E-state index in [1.54, 1.807) is 11.8 Å². The van der Waals surface area contributed by atoms with Crippen molar-refractivity contribution in [3.63, 3.8) is 0 Å². The number of thioether (sulfide) groups is 1. The van der Waals surface area contributed by atoms with Crippen LogP contribution in [0.4, 0.5) is 0 Å². The molecule has 0 aliphatic carbocycles. The molecule has 0 unspecified atom stereocenters. The Kier molecular flexibility index (Phi) is 4.37. The Hall–Kier alpha value is -2.06. The Bertz CT molecular complexity index is 607. The average Bonchev–Trinajstić information content (AvgIpc) is 2.79. The molecule has 96 valence electrons. The minimum absolute atomic E-state index is 0.680. The first-order valence-corrected chi connectivity index (χ1v) is 6.85. The summed E-state index contributed by atoms with van der Waals surface area (Å²) < 4.78 is 2.03. The highest BCUT2D eigenvalue weighted by Crippen LogP contribution is 2.22. The number of rotatable bonds is 5. The van der Waals surface area contributed by atoms with E-state index >= 15 is 0 Å². The van der Waals surface area contributed by atoms with Gasteiger partial charge in [0.2, 0.25) is 0 Å². The molecular formula is C14H14N4S. The van der Waals surface area contributed by atoms with Gasteiger partial charge in [-0.1, -0.05) is 30.0 Å². The first-order chi connectivity index (χ1) is 9.24. The Morgan fingerprint density at radius 3 is 2.74 bits per heavy atom. The molecule has 2 aromatic rings. The number of benzene rings is 1. The number of allylic oxidation sites excluding steroid dienone is 1. The SMILES string of the molecule is C=CCn1c(C)nnc1SCc1ccc(C#N)cc1. The van der Waals surface area contributed by atoms with Crippen molar-refractivity contribution in [2.45, 2.75) is 24.4 Å². The number of nitriles is 1. The van der Waals surface area contributed by atoms with Gasteiger partial charge >= 0.3 is 0 Å². The first kappa shape index (κ1) is 13.4. The molecule has 0 aliphatic heterocycles. The predicted molar refractivity (Wildman–Crippen MR) is 75.7 cm³/mol. The minimum Gasteiger partial charge on any atom is -0.302 e. The Morgan fingerprint density at radius 1 is 1.37 bits per heavy atom. The Balaban J connectivity index is 2.05. The molecule has 0 N–H and O–H groups in total. The number of hydrogen-bond donors (Lipinski definition) is 0. The molecule has 0 radical (unpaired) electrons. The molecule has 19 heavy (non-hydrogen) atoms. The molecule has 0 aliphatic rings. The second-order valence-electron chi connectivity index (χ2n) is 4.03. The molecule has 1 heterocycles. The highest BCUT2D eigenvalue weighted by atomic mass is 32.2. The number of aromatic nitrogens is 3. The molecule has 0 bridgehead atoms. The zero-order valence-electron chi connectivity index (χ0n) is 10.7. The molecule has 5 heteroatoms. The van der Waals surface area contributed by atoms with Gasteiger partial charge in [-0.2, -0.15) is 5.26 Å². The van der Waals surface area contributed by atoms with Gasteiger partial charge in [-0.15, -0.1) is 16.8 Å². The molecule has 0 saturated carbocycles. The summed E-state index contributed by atoms with van der Waals surface area (Å²) >= 11 is 1.63. The molecule has 1 aromatic carbocycles. The molecule has 0 saturated heterocycles. The van der Waals surface area contributed by atoms with E-state index in [1.807, 2.05) is 41.8 Å². The molecule has 0 spiro atoms. The van der Waals surface area contributed by atoms with E-state index < -0.39 is 0 Å². The largest absolute Gasteiger partial charge is 0.302 e. The minimum atomic E-state index is 0.680. The lowest BCUT2D eigenvalue weighted by Crippen LogP contribution is -2.00. The quantitative estimate of drug-likeness (QED) is 0.619. The summed E-state index contributed by atoms with van der Waals surface area (Å²) in [5.74, 6) is 1.70. The molecule has 2 rings (SSSR count). The number of nitrogens with zero attached hydrogens (tertiary/aromatic N) is 4. The zero-order valence-corrected chi connectivity index (χ0v) is 11.5. The lowest BCUT2D eigenvalue weighted by molar-refractivity contribution is 0.703. The standard InChI is InChI=1S/C14H14N4S/c1-3-8-18-11(2)16-17-14(18)19-10-13-6-4-12(9-15)5-7-13/h3-7H,1,8,10H2,2H3. The first-order valence-electron chi connectivity index (χ1n) is 5.87. The monoisotopic (exact) mass is 270 g/mol. The molecule has 4 nitrogen and oxygen atoms in total. The van der Waals surface area contributed by atoms with Crippen molar-refractivity contribution in [3.8, 4) is 6.07 Å². The van der Waals surface area contributed by atoms with Crippen LogP contribution in [0.15, 0.2) is 42.1 Å². The van der Waals surface area contributed by atoms with Gasteiger partial charge in [0, 0.05) is 12.3 Å². The molecular weight excluding hydrogens is 256 g/mol. The van der Waals surface area contributed by atoms with Crippen LogP contribution in [-0.2, 0) is 12.3 Å². The second kappa shape index (κ2) is 6.21. The van der Waals surface area contributed by atoms with Crippen LogP contribution in [0, 0.1) is 18.3 Å². The van der Waals surface area contributed by atoms with E-state index in [9.17, 15) is 0 Å². The van der Waals surface area contributed by atoms with Gasteiger partial charge in [0.05, 0.1) is 11.6 Å². The van der Waals surface area contributed by atoms with Crippen LogP contribution < -0.4 is 0 Å². The van der Waals surface area contributed by atoms with Crippen molar-refractivity contribution < 1.29 is 0 Å². The van der Waals surface area contributed by atoms with Crippen LogP contribution in [0.25, 0.3) is 0 Å². The average molecular weight is 270 g/mol. The third kappa shape index (κ3) is 3.24. The van der Waals surface area contributed by atoms with Gasteiger partial charge < -0.3 is 4.57 Å². The van der Waals surface area contributed by atoms with Crippen molar-refractivity contribution in [1.29, 1.82) is 5.26 Å². The maximum absolute atomic E-state index is 8.75. The summed E-state index contributed by atoms with van der Waals surface area (Å²) in [7, 11) is 0. The van der Waals surface area contributed by atoms with Gasteiger partial charge in [-0.25, -0.2) is 0 Å². The molecule has 1 aromatic heterocycles. The zero-order chi connectivity index (χ0) is 13.7. The Morgan fingerprint density at radius 2 is 2.11 bits per heavy atom. The van der Waals surface area contributed by atoms with Crippen molar-refractivity contribution in [3.05, 3.63) is 53.9 Å². The van der Waals surface area contributed by atoms with E-state index in [0.29, 0.717) is 12.1 Å². The van der Waals surface area contributed by atoms with Gasteiger partial charge in [-0.05, 0) is 24.6 Å². The van der Waals surface area contributed by atoms with Crippen LogP contribution in [0.5, 0.6) is 0 Å². The number of aryl methyl sites for hydroxylation is 1. The predicted octanol–water partition coefficient (Wildman–Crippen LogP) is 2.94. The Labute approximate surface area is 116 Å². The van der Waals surface area contributed by atoms with E-state index in [1.165, 1.54) is 0 Å². The summed E-state index contributed by atoms with van der Waals surface area (Å²) in [6, 6.07) is 9.70. The van der Waals surface area contributed by atoms with Crippen LogP contribution in [0.3, 0.4) is 0 Å². The van der Waals surface area contributed by atoms with E-state index in [4.69, 9.17) is 5.26 Å². The van der Waals surface area contributed by atoms with Crippen molar-refractivity contribution in [2.24, 2.45) is 0 Å². The van der Waals surface area contributed by atoms with Gasteiger partial charge in [-0.3, -0.25) is 0 Å². The van der Waals surface area contributed by atoms with Crippen LogP contribution >= 0.6 is 11.8 Å². The fourth-order valence-electron chi connectivity index (χ4n) is 1.63. The van der Waals surface area contributed by atoms with Crippen LogP contribution in [0.1, 0.15) is 17.0 Å². The lowest BCUT2D eigenvalue weighted by Gasteiger charge is -2.05. The van der Waals surface area contributed by atoms with Crippen molar-refractivity contribution in [1.82, 2.24) is 14.8 Å². The number of hydrogen-bond acceptors (Lipinski definition) is 4. The summed E-state index contributed by atoms with van der Waals surface area (Å²) in [5, 5.41) is 17.9. The molecule has 0 amide bonds. The van der Waals surface area contributed by atoms with E-state index in [-0.39, 0.29) is 0 Å². The topological polar surface area (TPSA) is 54.5 Å². The van der Waals surface area contributed by atoms with Crippen LogP contribution in [0.2, 0.25) is 0 Å². The van der Waals surface area contributed by atoms with Gasteiger partial charge in [0.15, 0.2) is 5.16 Å². The fraction of sp³-hybridized carbons (Fsp3) is 0.214. The molecule has 0 fully saturated rings. The maximum Gasteiger partial charge on any atom is 0.191 e. The van der Waals surface area contributed by atoms with Crippen molar-refractivity contribution >= 4 is 11.8 Å². The van der Waals surface area contributed by atoms with Gasteiger partial charge in [0.25, 0.3) is 0 Å². The highest BCUT2D eigenvalue weighted by molar-refractivity contribution is 7.98. The smallest absolute Gasteiger partial charge is 0.191 e. The highest BCUT2D eigenvalue weighted by Gasteiger charge is 2.08. The summed E-state index contributed by atoms with van der Waals surface area (Å²) in [4.78, 5) is 0. The third-order valence-corrected chi connectivity index (χ3v) is 3.70. The summed E-state index contributed by atoms with van der Waals surface area (Å²) in [6.07, 6.45) is 1.84. The lowest BCUT2D eigenvalue weighted by atomic mass is 10.2. The summed E-state index contributed by atoms with van der Waals surface area (Å²) in [6.45, 7) is 6.39. The van der Waals surface area contributed by atoms with Crippen LogP contribution in [-0.4, -0.2) is 14.8 Å².